The molecule has 0 saturated carbocycles. The van der Waals surface area contributed by atoms with Crippen molar-refractivity contribution in [3.8, 4) is 5.75 Å². The molecule has 0 aliphatic carbocycles. The first-order valence-corrected chi connectivity index (χ1v) is 24.9. The maximum atomic E-state index is 15.2. The van der Waals surface area contributed by atoms with E-state index in [2.05, 4.69) is 31.9 Å². The Labute approximate surface area is 435 Å². The Balaban J connectivity index is 2.03. The molecule has 2 aromatic rings. The molecule has 1 fully saturated rings. The molecule has 0 unspecified atom stereocenters. The molecule has 9 N–H and O–H groups in total. The number of cyclic esters (lactones) is 1. The fourth-order valence-corrected chi connectivity index (χ4v) is 8.20. The van der Waals surface area contributed by atoms with Crippen molar-refractivity contribution < 1.29 is 72.7 Å². The summed E-state index contributed by atoms with van der Waals surface area (Å²) in [5.74, 6) is -11.8. The number of likely N-dealkylation sites (N-methyl/N-ethyl adjacent to an activating group) is 1. The van der Waals surface area contributed by atoms with Crippen molar-refractivity contribution >= 4 is 64.9 Å². The molecule has 74 heavy (non-hydrogen) atoms. The van der Waals surface area contributed by atoms with E-state index in [-0.39, 0.29) is 24.2 Å². The van der Waals surface area contributed by atoms with Gasteiger partial charge < -0.3 is 66.3 Å². The number of hydrogen-bond acceptors (Lipinski definition) is 15. The molecular formula is C51H70ClN7O15. The molecule has 13 atom stereocenters. The molecule has 3 aliphatic heterocycles. The number of aliphatic hydroxyl groups is 3. The standard InChI is InChI=1S/C51H70ClN7O15/c1-10-27(4)39-46(66)58-42-33-16-18-34(19-17-33)74-31(8)51(71,25-52)21-20-37(61)53-23-38(62)72-24-35(50(70)73-30(7)41(48(68)55-39)57-44(64)28(5)43(63)26(2)3)54-47(67)40(29(6)60)56-45(65)36(59(9)49(42)69)22-32-14-12-11-13-15-32/h11-21,26-31,35-36,39-43,60,63,71H,10,22-25H2,1-9H3,(H,53,61)(H,54,67)(H,55,68)(H,56,65)(H,57,64)(H,58,66)/t27-,28+,29+,30+,31+,35-,36-,39+,40+,41-,42-,43+,51-/m1/s1. The number of carbonyl (C=O) groups excluding carboxylic acids is 9. The molecule has 3 aliphatic rings. The van der Waals surface area contributed by atoms with Crippen LogP contribution >= 0.6 is 11.6 Å². The lowest BCUT2D eigenvalue weighted by Crippen LogP contribution is -2.61. The average Bonchev–Trinajstić information content (AvgIpc) is 3.37. The third kappa shape index (κ3) is 15.9. The maximum absolute atomic E-state index is 15.2. The van der Waals surface area contributed by atoms with Crippen molar-refractivity contribution in [1.29, 1.82) is 0 Å². The normalized spacial score (nSPS) is 28.1. The minimum Gasteiger partial charge on any atom is -0.487 e. The fourth-order valence-electron chi connectivity index (χ4n) is 7.90. The fraction of sp³-hybridized carbons (Fsp3) is 0.549. The number of alkyl halides is 1. The first-order valence-electron chi connectivity index (χ1n) is 24.4. The Morgan fingerprint density at radius 1 is 0.838 bits per heavy atom. The third-order valence-corrected chi connectivity index (χ3v) is 13.6. The van der Waals surface area contributed by atoms with E-state index in [0.717, 1.165) is 24.0 Å². The van der Waals surface area contributed by atoms with Crippen molar-refractivity contribution in [3.63, 3.8) is 0 Å². The van der Waals surface area contributed by atoms with Crippen LogP contribution in [0.4, 0.5) is 0 Å². The summed E-state index contributed by atoms with van der Waals surface area (Å²) in [5, 5.41) is 48.3. The molecular weight excluding hydrogens is 986 g/mol. The molecule has 0 spiro atoms. The number of hydrogen-bond donors (Lipinski definition) is 9. The molecule has 0 aromatic heterocycles. The van der Waals surface area contributed by atoms with Crippen molar-refractivity contribution in [2.24, 2.45) is 17.8 Å². The number of ether oxygens (including phenoxy) is 3. The number of benzene rings is 2. The largest absolute Gasteiger partial charge is 0.487 e. The van der Waals surface area contributed by atoms with Crippen LogP contribution in [-0.4, -0.2) is 160 Å². The number of halogens is 1. The lowest BCUT2D eigenvalue weighted by molar-refractivity contribution is -0.160. The van der Waals surface area contributed by atoms with Crippen LogP contribution in [0, 0.1) is 17.8 Å². The summed E-state index contributed by atoms with van der Waals surface area (Å²) in [5.41, 5.74) is -1.28. The van der Waals surface area contributed by atoms with Gasteiger partial charge in [0.15, 0.2) is 6.04 Å². The van der Waals surface area contributed by atoms with E-state index in [1.165, 1.54) is 52.1 Å². The predicted octanol–water partition coefficient (Wildman–Crippen LogP) is -0.156. The van der Waals surface area contributed by atoms with Gasteiger partial charge in [-0.3, -0.25) is 38.4 Å². The zero-order valence-corrected chi connectivity index (χ0v) is 43.7. The molecule has 406 valence electrons. The van der Waals surface area contributed by atoms with Crippen LogP contribution in [0.25, 0.3) is 0 Å². The van der Waals surface area contributed by atoms with Crippen LogP contribution in [-0.2, 0) is 59.0 Å². The predicted molar refractivity (Wildman–Crippen MR) is 267 cm³/mol. The van der Waals surface area contributed by atoms with Gasteiger partial charge in [0.1, 0.15) is 66.9 Å². The van der Waals surface area contributed by atoms with Gasteiger partial charge in [0.2, 0.25) is 41.4 Å². The van der Waals surface area contributed by atoms with Gasteiger partial charge in [-0.1, -0.05) is 83.5 Å². The van der Waals surface area contributed by atoms with Gasteiger partial charge in [0.25, 0.3) is 0 Å². The van der Waals surface area contributed by atoms with Crippen molar-refractivity contribution in [2.45, 2.75) is 134 Å². The van der Waals surface area contributed by atoms with Gasteiger partial charge in [-0.05, 0) is 61.9 Å². The monoisotopic (exact) mass is 1060 g/mol. The summed E-state index contributed by atoms with van der Waals surface area (Å²) in [6.45, 7) is 10.2. The van der Waals surface area contributed by atoms with E-state index in [0.29, 0.717) is 5.56 Å². The summed E-state index contributed by atoms with van der Waals surface area (Å²) in [6.07, 6.45) is -3.61. The molecule has 22 nitrogen and oxygen atoms in total. The highest BCUT2D eigenvalue weighted by atomic mass is 35.5. The zero-order valence-electron chi connectivity index (χ0n) is 43.0. The zero-order chi connectivity index (χ0) is 55.2. The molecule has 2 aromatic carbocycles. The second-order valence-electron chi connectivity index (χ2n) is 19.1. The summed E-state index contributed by atoms with van der Waals surface area (Å²) in [4.78, 5) is 128. The number of fused-ring (bicyclic) bond motifs is 11. The number of amides is 7. The second kappa shape index (κ2) is 27.1. The molecule has 1 saturated heterocycles. The van der Waals surface area contributed by atoms with Crippen LogP contribution in [0.3, 0.4) is 0 Å². The first kappa shape index (κ1) is 59.9. The van der Waals surface area contributed by atoms with E-state index in [1.54, 1.807) is 58.0 Å². The number of rotatable bonds is 10. The summed E-state index contributed by atoms with van der Waals surface area (Å²) in [6, 6.07) is 4.00. The second-order valence-corrected chi connectivity index (χ2v) is 19.4. The molecule has 4 bridgehead atoms. The van der Waals surface area contributed by atoms with E-state index in [1.807, 2.05) is 0 Å². The molecule has 23 heteroatoms. The Hall–Kier alpha value is -6.62. The van der Waals surface area contributed by atoms with Gasteiger partial charge in [-0.2, -0.15) is 0 Å². The van der Waals surface area contributed by atoms with Crippen LogP contribution in [0.1, 0.15) is 79.0 Å². The SMILES string of the molecule is CC[C@@H](C)[C@@H]1NC(=O)[C@H](NC(=O)[C@@H](C)[C@@H](O)C(C)C)[C@H](C)OC(=O)[C@H]2COC(=O)CNC(=O)C=C[C@@](O)(CCl)[C@H](C)Oc3ccc(cc3)[C@@H](NC1=O)C(=O)N(C)[C@H](Cc1ccccc1)C(=O)N[C@@H]([C@H](C)O)C(=O)N2. The summed E-state index contributed by atoms with van der Waals surface area (Å²) < 4.78 is 17.0. The number of carbonyl (C=O) groups is 9. The number of nitrogens with one attached hydrogen (secondary N) is 6. The van der Waals surface area contributed by atoms with E-state index in [9.17, 15) is 53.7 Å². The number of nitrogens with zero attached hydrogens (tertiary/aromatic N) is 1. The smallest absolute Gasteiger partial charge is 0.332 e. The molecule has 7 amide bonds. The highest BCUT2D eigenvalue weighted by Gasteiger charge is 2.42. The maximum Gasteiger partial charge on any atom is 0.332 e. The average molecular weight is 1060 g/mol. The van der Waals surface area contributed by atoms with Gasteiger partial charge in [0.05, 0.1) is 24.0 Å². The number of esters is 2. The Bertz CT molecular complexity index is 2360. The van der Waals surface area contributed by atoms with Crippen LogP contribution < -0.4 is 36.6 Å². The quantitative estimate of drug-likeness (QED) is 0.110. The minimum atomic E-state index is -1.98. The van der Waals surface area contributed by atoms with Crippen molar-refractivity contribution in [3.05, 3.63) is 77.9 Å². The van der Waals surface area contributed by atoms with E-state index < -0.39 is 156 Å². The Morgan fingerprint density at radius 2 is 1.46 bits per heavy atom. The highest BCUT2D eigenvalue weighted by molar-refractivity contribution is 6.18. The molecule has 5 rings (SSSR count). The van der Waals surface area contributed by atoms with Crippen LogP contribution in [0.15, 0.2) is 66.7 Å². The van der Waals surface area contributed by atoms with E-state index >= 15 is 4.79 Å². The van der Waals surface area contributed by atoms with Crippen molar-refractivity contribution in [2.75, 3.05) is 26.1 Å². The van der Waals surface area contributed by atoms with Gasteiger partial charge in [-0.15, -0.1) is 11.6 Å². The lowest BCUT2D eigenvalue weighted by atomic mass is 9.93. The Morgan fingerprint density at radius 3 is 2.05 bits per heavy atom. The van der Waals surface area contributed by atoms with Gasteiger partial charge >= 0.3 is 11.9 Å². The first-order chi connectivity index (χ1) is 34.8. The minimum absolute atomic E-state index is 0.133. The molecule has 0 radical (unpaired) electrons. The highest BCUT2D eigenvalue weighted by Crippen LogP contribution is 2.26. The third-order valence-electron chi connectivity index (χ3n) is 13.1. The van der Waals surface area contributed by atoms with Gasteiger partial charge in [0, 0.05) is 19.5 Å². The number of aliphatic hydroxyl groups excluding tert-OH is 2. The summed E-state index contributed by atoms with van der Waals surface area (Å²) in [7, 11) is 1.29. The summed E-state index contributed by atoms with van der Waals surface area (Å²) >= 11 is 6.17. The van der Waals surface area contributed by atoms with E-state index in [4.69, 9.17) is 25.8 Å². The molecule has 3 heterocycles. The van der Waals surface area contributed by atoms with Gasteiger partial charge in [-0.25, -0.2) is 4.79 Å². The topological polar surface area (TPSA) is 317 Å². The van der Waals surface area contributed by atoms with Crippen LogP contribution in [0.5, 0.6) is 5.75 Å². The lowest BCUT2D eigenvalue weighted by Gasteiger charge is -2.34. The Kier molecular flexibility index (Phi) is 21.9. The van der Waals surface area contributed by atoms with Crippen molar-refractivity contribution in [1.82, 2.24) is 36.8 Å². The van der Waals surface area contributed by atoms with Crippen LogP contribution in [0.2, 0.25) is 0 Å².